The summed E-state index contributed by atoms with van der Waals surface area (Å²) in [5, 5.41) is 3.41. The Morgan fingerprint density at radius 1 is 1.10 bits per heavy atom. The molecule has 6 heteroatoms. The summed E-state index contributed by atoms with van der Waals surface area (Å²) in [5.74, 6) is 0.789. The fraction of sp³-hybridized carbons (Fsp3) is 0.250. The Balaban J connectivity index is 1.35. The van der Waals surface area contributed by atoms with Crippen molar-refractivity contribution >= 4 is 17.2 Å². The second-order valence-corrected chi connectivity index (χ2v) is 7.67. The molecule has 0 bridgehead atoms. The van der Waals surface area contributed by atoms with Crippen molar-refractivity contribution < 1.29 is 0 Å². The lowest BCUT2D eigenvalue weighted by atomic mass is 10.1. The maximum Gasteiger partial charge on any atom is 0.180 e. The molecule has 0 aliphatic heterocycles. The number of nitrogens with one attached hydrogen (secondary N) is 1. The third-order valence-corrected chi connectivity index (χ3v) is 5.38. The molecule has 0 atom stereocenters. The number of rotatable bonds is 7. The number of pyridine rings is 1. The number of aromatic nitrogens is 4. The Morgan fingerprint density at radius 2 is 1.97 bits per heavy atom. The number of nitrogens with zero attached hydrogens (tertiary/aromatic N) is 5. The molecule has 0 amide bonds. The second kappa shape index (κ2) is 8.06. The van der Waals surface area contributed by atoms with Crippen molar-refractivity contribution in [1.82, 2.24) is 19.4 Å². The molecule has 1 saturated carbocycles. The topological polar surface area (TPSA) is 67.5 Å². The van der Waals surface area contributed by atoms with Crippen LogP contribution in [0.3, 0.4) is 0 Å². The molecule has 30 heavy (non-hydrogen) atoms. The van der Waals surface area contributed by atoms with Crippen molar-refractivity contribution in [2.24, 2.45) is 4.99 Å². The van der Waals surface area contributed by atoms with Crippen molar-refractivity contribution in [3.8, 4) is 11.3 Å². The van der Waals surface area contributed by atoms with Crippen LogP contribution in [0, 0.1) is 0 Å². The number of hydrogen-bond acceptors (Lipinski definition) is 5. The SMILES string of the molecule is CC(=NC1CC1)c1ccc(-c2cnc3c(NCCc4cccnc4)nccn23)cc1. The largest absolute Gasteiger partial charge is 0.367 e. The number of hydrogen-bond donors (Lipinski definition) is 1. The molecule has 5 rings (SSSR count). The highest BCUT2D eigenvalue weighted by molar-refractivity contribution is 5.99. The van der Waals surface area contributed by atoms with E-state index in [2.05, 4.69) is 61.9 Å². The van der Waals surface area contributed by atoms with Gasteiger partial charge in [0.2, 0.25) is 0 Å². The summed E-state index contributed by atoms with van der Waals surface area (Å²) in [6.07, 6.45) is 12.7. The summed E-state index contributed by atoms with van der Waals surface area (Å²) in [4.78, 5) is 18.0. The van der Waals surface area contributed by atoms with E-state index in [9.17, 15) is 0 Å². The molecule has 150 valence electrons. The summed E-state index contributed by atoms with van der Waals surface area (Å²) in [6, 6.07) is 13.1. The van der Waals surface area contributed by atoms with Crippen LogP contribution in [0.1, 0.15) is 30.9 Å². The first-order valence-electron chi connectivity index (χ1n) is 10.4. The van der Waals surface area contributed by atoms with Gasteiger partial charge in [0.1, 0.15) is 0 Å². The molecule has 0 unspecified atom stereocenters. The molecule has 3 heterocycles. The van der Waals surface area contributed by atoms with Crippen LogP contribution in [0.15, 0.2) is 72.4 Å². The van der Waals surface area contributed by atoms with Gasteiger partial charge < -0.3 is 5.32 Å². The minimum atomic E-state index is 0.542. The van der Waals surface area contributed by atoms with E-state index < -0.39 is 0 Å². The number of fused-ring (bicyclic) bond motifs is 1. The van der Waals surface area contributed by atoms with Gasteiger partial charge in [0, 0.05) is 42.6 Å². The Kier molecular flexibility index (Phi) is 4.97. The van der Waals surface area contributed by atoms with E-state index in [1.807, 2.05) is 30.9 Å². The van der Waals surface area contributed by atoms with E-state index >= 15 is 0 Å². The van der Waals surface area contributed by atoms with Gasteiger partial charge in [-0.05, 0) is 43.4 Å². The molecule has 1 fully saturated rings. The normalized spacial score (nSPS) is 14.2. The van der Waals surface area contributed by atoms with E-state index in [-0.39, 0.29) is 0 Å². The zero-order valence-corrected chi connectivity index (χ0v) is 17.0. The lowest BCUT2D eigenvalue weighted by molar-refractivity contribution is 0.987. The summed E-state index contributed by atoms with van der Waals surface area (Å²) < 4.78 is 2.08. The van der Waals surface area contributed by atoms with Crippen LogP contribution in [-0.2, 0) is 6.42 Å². The van der Waals surface area contributed by atoms with E-state index in [0.29, 0.717) is 6.04 Å². The van der Waals surface area contributed by atoms with Crippen LogP contribution in [0.2, 0.25) is 0 Å². The molecule has 1 N–H and O–H groups in total. The molecule has 1 aliphatic carbocycles. The Labute approximate surface area is 175 Å². The first-order chi connectivity index (χ1) is 14.8. The standard InChI is InChI=1S/C24H24N6/c1-17(29-21-8-9-21)19-4-6-20(7-5-19)22-16-28-24-23(27-13-14-30(22)24)26-12-10-18-3-2-11-25-15-18/h2-7,11,13-16,21H,8-10,12H2,1H3,(H,26,27). The van der Waals surface area contributed by atoms with Crippen LogP contribution in [-0.4, -0.2) is 37.7 Å². The Morgan fingerprint density at radius 3 is 2.73 bits per heavy atom. The Bertz CT molecular complexity index is 1170. The Hall–Kier alpha value is -3.54. The average Bonchev–Trinajstić information content (AvgIpc) is 3.49. The highest BCUT2D eigenvalue weighted by Gasteiger charge is 2.20. The number of aliphatic imine (C=N–C) groups is 1. The fourth-order valence-electron chi connectivity index (χ4n) is 3.56. The smallest absolute Gasteiger partial charge is 0.180 e. The number of benzene rings is 1. The van der Waals surface area contributed by atoms with E-state index in [0.717, 1.165) is 41.4 Å². The van der Waals surface area contributed by atoms with Gasteiger partial charge in [-0.25, -0.2) is 9.97 Å². The molecule has 0 saturated heterocycles. The maximum atomic E-state index is 4.74. The first kappa shape index (κ1) is 18.5. The van der Waals surface area contributed by atoms with Gasteiger partial charge in [0.05, 0.1) is 17.9 Å². The quantitative estimate of drug-likeness (QED) is 0.470. The monoisotopic (exact) mass is 396 g/mol. The number of imidazole rings is 1. The molecule has 4 aromatic rings. The maximum absolute atomic E-state index is 4.74. The second-order valence-electron chi connectivity index (χ2n) is 7.67. The lowest BCUT2D eigenvalue weighted by Crippen LogP contribution is -2.08. The molecule has 0 radical (unpaired) electrons. The fourth-order valence-corrected chi connectivity index (χ4v) is 3.56. The van der Waals surface area contributed by atoms with Crippen LogP contribution in [0.5, 0.6) is 0 Å². The predicted molar refractivity (Wildman–Crippen MR) is 120 cm³/mol. The van der Waals surface area contributed by atoms with E-state index in [4.69, 9.17) is 4.99 Å². The molecule has 6 nitrogen and oxygen atoms in total. The highest BCUT2D eigenvalue weighted by atomic mass is 15.1. The van der Waals surface area contributed by atoms with Crippen LogP contribution in [0.4, 0.5) is 5.82 Å². The minimum Gasteiger partial charge on any atom is -0.367 e. The first-order valence-corrected chi connectivity index (χ1v) is 10.4. The van der Waals surface area contributed by atoms with Crippen molar-refractivity contribution in [2.45, 2.75) is 32.2 Å². The highest BCUT2D eigenvalue weighted by Crippen LogP contribution is 2.26. The van der Waals surface area contributed by atoms with Crippen LogP contribution >= 0.6 is 0 Å². The van der Waals surface area contributed by atoms with Gasteiger partial charge in [-0.2, -0.15) is 0 Å². The van der Waals surface area contributed by atoms with Gasteiger partial charge in [-0.15, -0.1) is 0 Å². The molecular weight excluding hydrogens is 372 g/mol. The van der Waals surface area contributed by atoms with Crippen LogP contribution in [0.25, 0.3) is 16.9 Å². The van der Waals surface area contributed by atoms with E-state index in [1.54, 1.807) is 6.20 Å². The zero-order chi connectivity index (χ0) is 20.3. The van der Waals surface area contributed by atoms with Gasteiger partial charge in [0.15, 0.2) is 11.5 Å². The van der Waals surface area contributed by atoms with Gasteiger partial charge >= 0.3 is 0 Å². The van der Waals surface area contributed by atoms with Gasteiger partial charge in [-0.3, -0.25) is 14.4 Å². The van der Waals surface area contributed by atoms with Gasteiger partial charge in [0.25, 0.3) is 0 Å². The summed E-state index contributed by atoms with van der Waals surface area (Å²) in [6.45, 7) is 2.87. The molecule has 0 spiro atoms. The minimum absolute atomic E-state index is 0.542. The van der Waals surface area contributed by atoms with Crippen molar-refractivity contribution in [2.75, 3.05) is 11.9 Å². The molecule has 1 aliphatic rings. The summed E-state index contributed by atoms with van der Waals surface area (Å²) in [5.41, 5.74) is 6.49. The van der Waals surface area contributed by atoms with Crippen molar-refractivity contribution in [1.29, 1.82) is 0 Å². The zero-order valence-electron chi connectivity index (χ0n) is 17.0. The lowest BCUT2D eigenvalue weighted by Gasteiger charge is -2.08. The third-order valence-electron chi connectivity index (χ3n) is 5.38. The summed E-state index contributed by atoms with van der Waals surface area (Å²) >= 11 is 0. The van der Waals surface area contributed by atoms with Crippen molar-refractivity contribution in [3.63, 3.8) is 0 Å². The third kappa shape index (κ3) is 3.94. The van der Waals surface area contributed by atoms with Crippen molar-refractivity contribution in [3.05, 3.63) is 78.5 Å². The number of anilines is 1. The predicted octanol–water partition coefficient (Wildman–Crippen LogP) is 4.42. The molecule has 3 aromatic heterocycles. The molecular formula is C24H24N6. The molecule has 1 aromatic carbocycles. The van der Waals surface area contributed by atoms with E-state index in [1.165, 1.54) is 24.0 Å². The summed E-state index contributed by atoms with van der Waals surface area (Å²) in [7, 11) is 0. The average molecular weight is 396 g/mol. The van der Waals surface area contributed by atoms with Gasteiger partial charge in [-0.1, -0.05) is 30.3 Å². The van der Waals surface area contributed by atoms with Crippen LogP contribution < -0.4 is 5.32 Å².